The van der Waals surface area contributed by atoms with E-state index in [1.165, 1.54) is 10.7 Å². The molecule has 3 aromatic heterocycles. The summed E-state index contributed by atoms with van der Waals surface area (Å²) in [5.41, 5.74) is 1.58. The molecular weight excluding hydrogens is 310 g/mol. The minimum absolute atomic E-state index is 0.100. The molecular formula is C16H11N5O3. The monoisotopic (exact) mass is 321 g/mol. The highest BCUT2D eigenvalue weighted by Crippen LogP contribution is 2.18. The van der Waals surface area contributed by atoms with Crippen LogP contribution in [0.2, 0.25) is 0 Å². The number of carboxylic acids is 1. The van der Waals surface area contributed by atoms with Gasteiger partial charge in [0.05, 0.1) is 11.9 Å². The summed E-state index contributed by atoms with van der Waals surface area (Å²) in [5, 5.41) is 13.1. The molecule has 1 aromatic carbocycles. The molecule has 0 amide bonds. The van der Waals surface area contributed by atoms with Crippen LogP contribution in [0.25, 0.3) is 28.1 Å². The number of aliphatic carboxylic acids is 1. The maximum absolute atomic E-state index is 12.3. The van der Waals surface area contributed by atoms with E-state index in [1.54, 1.807) is 12.3 Å². The van der Waals surface area contributed by atoms with Crippen LogP contribution in [0.5, 0.6) is 0 Å². The number of nitrogens with zero attached hydrogens (tertiary/aromatic N) is 5. The van der Waals surface area contributed by atoms with E-state index in [-0.39, 0.29) is 5.52 Å². The summed E-state index contributed by atoms with van der Waals surface area (Å²) >= 11 is 0. The van der Waals surface area contributed by atoms with Gasteiger partial charge in [0.25, 0.3) is 11.3 Å². The van der Waals surface area contributed by atoms with Gasteiger partial charge in [-0.2, -0.15) is 5.10 Å². The van der Waals surface area contributed by atoms with Gasteiger partial charge in [0.15, 0.2) is 5.52 Å². The lowest BCUT2D eigenvalue weighted by molar-refractivity contribution is -0.137. The normalized spacial score (nSPS) is 11.2. The fourth-order valence-corrected chi connectivity index (χ4v) is 2.48. The van der Waals surface area contributed by atoms with Crippen LogP contribution in [-0.2, 0) is 11.3 Å². The number of hydrogen-bond acceptors (Lipinski definition) is 5. The zero-order chi connectivity index (χ0) is 16.7. The van der Waals surface area contributed by atoms with Crippen LogP contribution >= 0.6 is 0 Å². The molecule has 0 saturated carbocycles. The van der Waals surface area contributed by atoms with E-state index in [0.717, 1.165) is 10.1 Å². The molecule has 1 N–H and O–H groups in total. The van der Waals surface area contributed by atoms with Gasteiger partial charge in [-0.3, -0.25) is 9.59 Å². The highest BCUT2D eigenvalue weighted by molar-refractivity contribution is 5.75. The van der Waals surface area contributed by atoms with E-state index in [4.69, 9.17) is 5.11 Å². The maximum Gasteiger partial charge on any atom is 0.323 e. The van der Waals surface area contributed by atoms with Gasteiger partial charge >= 0.3 is 5.97 Å². The topological polar surface area (TPSA) is 102 Å². The van der Waals surface area contributed by atoms with Crippen LogP contribution in [0.15, 0.2) is 53.6 Å². The molecule has 0 aliphatic carbocycles. The third-order valence-electron chi connectivity index (χ3n) is 3.59. The molecule has 8 nitrogen and oxygen atoms in total. The Morgan fingerprint density at radius 3 is 2.67 bits per heavy atom. The largest absolute Gasteiger partial charge is 0.480 e. The predicted octanol–water partition coefficient (Wildman–Crippen LogP) is 1.19. The molecule has 0 bridgehead atoms. The number of hydrogen-bond donors (Lipinski definition) is 1. The second-order valence-corrected chi connectivity index (χ2v) is 5.22. The second kappa shape index (κ2) is 5.27. The van der Waals surface area contributed by atoms with E-state index >= 15 is 0 Å². The highest BCUT2D eigenvalue weighted by Gasteiger charge is 2.12. The molecule has 0 unspecified atom stereocenters. The molecule has 0 radical (unpaired) electrons. The Morgan fingerprint density at radius 1 is 1.12 bits per heavy atom. The van der Waals surface area contributed by atoms with Crippen molar-refractivity contribution in [2.24, 2.45) is 0 Å². The van der Waals surface area contributed by atoms with E-state index in [9.17, 15) is 9.59 Å². The number of imidazole rings is 1. The van der Waals surface area contributed by atoms with Gasteiger partial charge in [0.1, 0.15) is 12.1 Å². The first kappa shape index (κ1) is 14.1. The molecule has 0 saturated heterocycles. The first-order valence-corrected chi connectivity index (χ1v) is 7.15. The average molecular weight is 321 g/mol. The van der Waals surface area contributed by atoms with Crippen molar-refractivity contribution in [3.05, 3.63) is 59.1 Å². The van der Waals surface area contributed by atoms with Gasteiger partial charge < -0.3 is 9.67 Å². The van der Waals surface area contributed by atoms with Crippen LogP contribution in [-0.4, -0.2) is 35.2 Å². The molecule has 0 fully saturated rings. The Hall–Kier alpha value is -3.55. The Morgan fingerprint density at radius 2 is 1.92 bits per heavy atom. The van der Waals surface area contributed by atoms with Crippen molar-refractivity contribution >= 4 is 22.8 Å². The zero-order valence-electron chi connectivity index (χ0n) is 12.3. The Bertz CT molecular complexity index is 1130. The van der Waals surface area contributed by atoms with Crippen LogP contribution < -0.4 is 5.56 Å². The summed E-state index contributed by atoms with van der Waals surface area (Å²) in [6.45, 7) is -0.423. The van der Waals surface area contributed by atoms with Crippen LogP contribution in [0, 0.1) is 0 Å². The number of benzene rings is 1. The number of fused-ring (bicyclic) bond motifs is 2. The number of pyridine rings is 1. The van der Waals surface area contributed by atoms with E-state index in [2.05, 4.69) is 15.1 Å². The van der Waals surface area contributed by atoms with Crippen LogP contribution in [0.3, 0.4) is 0 Å². The van der Waals surface area contributed by atoms with Gasteiger partial charge in [0, 0.05) is 11.8 Å². The summed E-state index contributed by atoms with van der Waals surface area (Å²) < 4.78 is 2.51. The number of aromatic nitrogens is 5. The molecule has 3 heterocycles. The smallest absolute Gasteiger partial charge is 0.323 e. The lowest BCUT2D eigenvalue weighted by atomic mass is 10.2. The Labute approximate surface area is 134 Å². The van der Waals surface area contributed by atoms with Gasteiger partial charge in [-0.1, -0.05) is 30.3 Å². The second-order valence-electron chi connectivity index (χ2n) is 5.22. The summed E-state index contributed by atoms with van der Waals surface area (Å²) in [6.07, 6.45) is 3.08. The Kier molecular flexibility index (Phi) is 3.09. The lowest BCUT2D eigenvalue weighted by Gasteiger charge is -2.03. The SMILES string of the molecule is O=C(O)Cn1ccc2nc3nc(-c4ccccc4)cn3nc2c1=O. The lowest BCUT2D eigenvalue weighted by Crippen LogP contribution is -2.24. The van der Waals surface area contributed by atoms with Crippen LogP contribution in [0.1, 0.15) is 0 Å². The number of rotatable bonds is 3. The third-order valence-corrected chi connectivity index (χ3v) is 3.59. The van der Waals surface area contributed by atoms with Crippen molar-refractivity contribution in [2.75, 3.05) is 0 Å². The minimum Gasteiger partial charge on any atom is -0.480 e. The predicted molar refractivity (Wildman–Crippen MR) is 85.6 cm³/mol. The molecule has 0 atom stereocenters. The molecule has 0 aliphatic rings. The molecule has 4 rings (SSSR count). The van der Waals surface area contributed by atoms with Crippen molar-refractivity contribution in [1.82, 2.24) is 24.1 Å². The summed E-state index contributed by atoms with van der Waals surface area (Å²) in [4.78, 5) is 31.9. The first-order chi connectivity index (χ1) is 11.6. The van der Waals surface area contributed by atoms with Crippen molar-refractivity contribution in [3.63, 3.8) is 0 Å². The van der Waals surface area contributed by atoms with E-state index < -0.39 is 18.1 Å². The number of carbonyl (C=O) groups is 1. The quantitative estimate of drug-likeness (QED) is 0.608. The van der Waals surface area contributed by atoms with E-state index in [0.29, 0.717) is 17.0 Å². The molecule has 118 valence electrons. The molecule has 8 heteroatoms. The Balaban J connectivity index is 1.92. The molecule has 24 heavy (non-hydrogen) atoms. The van der Waals surface area contributed by atoms with Gasteiger partial charge in [0.2, 0.25) is 0 Å². The van der Waals surface area contributed by atoms with Gasteiger partial charge in [-0.25, -0.2) is 14.5 Å². The molecule has 0 spiro atoms. The maximum atomic E-state index is 12.3. The summed E-state index contributed by atoms with van der Waals surface area (Å²) in [6, 6.07) is 11.1. The fraction of sp³-hybridized carbons (Fsp3) is 0.0625. The minimum atomic E-state index is -1.10. The average Bonchev–Trinajstić information content (AvgIpc) is 2.99. The highest BCUT2D eigenvalue weighted by atomic mass is 16.4. The van der Waals surface area contributed by atoms with Gasteiger partial charge in [-0.05, 0) is 6.07 Å². The van der Waals surface area contributed by atoms with Crippen molar-refractivity contribution in [3.8, 4) is 11.3 Å². The van der Waals surface area contributed by atoms with Crippen molar-refractivity contribution < 1.29 is 9.90 Å². The molecule has 4 aromatic rings. The van der Waals surface area contributed by atoms with E-state index in [1.807, 2.05) is 30.3 Å². The van der Waals surface area contributed by atoms with Crippen molar-refractivity contribution in [1.29, 1.82) is 0 Å². The van der Waals surface area contributed by atoms with Gasteiger partial charge in [-0.15, -0.1) is 0 Å². The van der Waals surface area contributed by atoms with Crippen LogP contribution in [0.4, 0.5) is 0 Å². The first-order valence-electron chi connectivity index (χ1n) is 7.15. The third kappa shape index (κ3) is 2.30. The summed E-state index contributed by atoms with van der Waals surface area (Å²) in [7, 11) is 0. The fourth-order valence-electron chi connectivity index (χ4n) is 2.48. The number of carboxylic acid groups (broad SMARTS) is 1. The summed E-state index contributed by atoms with van der Waals surface area (Å²) in [5.74, 6) is -0.726. The molecule has 0 aliphatic heterocycles. The standard InChI is InChI=1S/C16H11N5O3/c22-13(23)9-20-7-6-11-14(15(20)24)19-21-8-12(18-16(21)17-11)10-4-2-1-3-5-10/h1-8H,9H2,(H,22,23). The van der Waals surface area contributed by atoms with Crippen molar-refractivity contribution in [2.45, 2.75) is 6.54 Å². The zero-order valence-corrected chi connectivity index (χ0v) is 12.3.